The molecule has 1 aromatic heterocycles. The maximum Gasteiger partial charge on any atom is 0.410 e. The van der Waals surface area contributed by atoms with Crippen LogP contribution in [0.15, 0.2) is 0 Å². The number of rotatable bonds is 2. The summed E-state index contributed by atoms with van der Waals surface area (Å²) < 4.78 is 30.3. The summed E-state index contributed by atoms with van der Waals surface area (Å²) in [6, 6.07) is 0. The van der Waals surface area contributed by atoms with Crippen LogP contribution >= 0.6 is 0 Å². The van der Waals surface area contributed by atoms with Gasteiger partial charge in [-0.15, -0.1) is 0 Å². The second kappa shape index (κ2) is 5.21. The van der Waals surface area contributed by atoms with Gasteiger partial charge in [-0.25, -0.2) is 13.2 Å². The highest BCUT2D eigenvalue weighted by Gasteiger charge is 2.29. The van der Waals surface area contributed by atoms with Crippen LogP contribution in [0.25, 0.3) is 0 Å². The lowest BCUT2D eigenvalue weighted by atomic mass is 10.1. The molecule has 0 aromatic carbocycles. The van der Waals surface area contributed by atoms with Crippen molar-refractivity contribution in [2.75, 3.05) is 17.5 Å². The van der Waals surface area contributed by atoms with Crippen LogP contribution in [0, 0.1) is 0 Å². The third-order valence-electron chi connectivity index (χ3n) is 2.87. The molecule has 9 heteroatoms. The summed E-state index contributed by atoms with van der Waals surface area (Å²) in [6.45, 7) is 6.17. The van der Waals surface area contributed by atoms with E-state index in [1.807, 2.05) is 0 Å². The number of hydrogen-bond acceptors (Lipinski definition) is 5. The molecule has 21 heavy (non-hydrogen) atoms. The summed E-state index contributed by atoms with van der Waals surface area (Å²) in [6.07, 6.45) is 1.22. The van der Waals surface area contributed by atoms with Crippen LogP contribution in [-0.2, 0) is 27.7 Å². The van der Waals surface area contributed by atoms with Crippen LogP contribution < -0.4 is 4.72 Å². The highest BCUT2D eigenvalue weighted by Crippen LogP contribution is 2.25. The minimum Gasteiger partial charge on any atom is -0.444 e. The van der Waals surface area contributed by atoms with Gasteiger partial charge in [0.2, 0.25) is 10.0 Å². The average molecular weight is 316 g/mol. The maximum atomic E-state index is 12.1. The first-order valence-corrected chi connectivity index (χ1v) is 8.46. The van der Waals surface area contributed by atoms with Crippen LogP contribution in [0.2, 0.25) is 0 Å². The first kappa shape index (κ1) is 15.6. The molecule has 0 saturated carbocycles. The van der Waals surface area contributed by atoms with Crippen molar-refractivity contribution in [1.29, 1.82) is 0 Å². The van der Waals surface area contributed by atoms with Gasteiger partial charge in [-0.1, -0.05) is 0 Å². The van der Waals surface area contributed by atoms with E-state index in [4.69, 9.17) is 4.74 Å². The van der Waals surface area contributed by atoms with Gasteiger partial charge in [0, 0.05) is 24.2 Å². The SMILES string of the molecule is CC(C)(C)OC(=O)N1CCc2[nH]nc(NS(C)(=O)=O)c2C1. The van der Waals surface area contributed by atoms with Crippen molar-refractivity contribution in [1.82, 2.24) is 15.1 Å². The maximum absolute atomic E-state index is 12.1. The minimum atomic E-state index is -3.41. The third-order valence-corrected chi connectivity index (χ3v) is 3.43. The number of fused-ring (bicyclic) bond motifs is 1. The molecule has 8 nitrogen and oxygen atoms in total. The van der Waals surface area contributed by atoms with E-state index in [0.29, 0.717) is 18.5 Å². The van der Waals surface area contributed by atoms with Crippen molar-refractivity contribution in [3.63, 3.8) is 0 Å². The highest BCUT2D eigenvalue weighted by atomic mass is 32.2. The fraction of sp³-hybridized carbons (Fsp3) is 0.667. The Morgan fingerprint density at radius 1 is 1.43 bits per heavy atom. The largest absolute Gasteiger partial charge is 0.444 e. The zero-order valence-corrected chi connectivity index (χ0v) is 13.4. The molecular formula is C12H20N4O4S. The van der Waals surface area contributed by atoms with E-state index < -0.39 is 21.7 Å². The molecule has 0 saturated heterocycles. The predicted molar refractivity (Wildman–Crippen MR) is 77.4 cm³/mol. The number of amides is 1. The first-order chi connectivity index (χ1) is 9.55. The highest BCUT2D eigenvalue weighted by molar-refractivity contribution is 7.92. The van der Waals surface area contributed by atoms with E-state index in [9.17, 15) is 13.2 Å². The van der Waals surface area contributed by atoms with Gasteiger partial charge in [-0.05, 0) is 20.8 Å². The molecule has 118 valence electrons. The van der Waals surface area contributed by atoms with Crippen LogP contribution in [0.5, 0.6) is 0 Å². The molecule has 2 heterocycles. The van der Waals surface area contributed by atoms with Gasteiger partial charge in [-0.3, -0.25) is 9.82 Å². The van der Waals surface area contributed by atoms with E-state index in [1.54, 1.807) is 20.8 Å². The molecule has 0 aliphatic carbocycles. The second-order valence-electron chi connectivity index (χ2n) is 6.06. The number of aromatic amines is 1. The quantitative estimate of drug-likeness (QED) is 0.849. The van der Waals surface area contributed by atoms with Crippen molar-refractivity contribution in [2.24, 2.45) is 0 Å². The Morgan fingerprint density at radius 2 is 2.10 bits per heavy atom. The molecule has 0 unspecified atom stereocenters. The van der Waals surface area contributed by atoms with Crippen LogP contribution in [0.3, 0.4) is 0 Å². The standard InChI is InChI=1S/C12H20N4O4S/c1-12(2,3)20-11(17)16-6-5-9-8(7-16)10(14-13-9)15-21(4,18)19/h5-7H2,1-4H3,(H2,13,14,15). The molecule has 1 amide bonds. The van der Waals surface area contributed by atoms with Crippen LogP contribution in [-0.4, -0.2) is 48.0 Å². The van der Waals surface area contributed by atoms with Gasteiger partial charge in [0.1, 0.15) is 5.60 Å². The van der Waals surface area contributed by atoms with Crippen molar-refractivity contribution in [3.8, 4) is 0 Å². The van der Waals surface area contributed by atoms with Crippen molar-refractivity contribution < 1.29 is 17.9 Å². The van der Waals surface area contributed by atoms with Gasteiger partial charge in [-0.2, -0.15) is 5.10 Å². The monoisotopic (exact) mass is 316 g/mol. The Balaban J connectivity index is 2.16. The Kier molecular flexibility index (Phi) is 3.87. The van der Waals surface area contributed by atoms with E-state index in [1.165, 1.54) is 4.90 Å². The minimum absolute atomic E-state index is 0.237. The van der Waals surface area contributed by atoms with Gasteiger partial charge in [0.05, 0.1) is 12.8 Å². The van der Waals surface area contributed by atoms with Crippen LogP contribution in [0.1, 0.15) is 32.0 Å². The zero-order valence-electron chi connectivity index (χ0n) is 12.6. The molecule has 0 fully saturated rings. The first-order valence-electron chi connectivity index (χ1n) is 6.57. The Hall–Kier alpha value is -1.77. The summed E-state index contributed by atoms with van der Waals surface area (Å²) in [7, 11) is -3.41. The van der Waals surface area contributed by atoms with Crippen molar-refractivity contribution in [2.45, 2.75) is 39.3 Å². The molecular weight excluding hydrogens is 296 g/mol. The lowest BCUT2D eigenvalue weighted by molar-refractivity contribution is 0.0224. The Bertz CT molecular complexity index is 645. The van der Waals surface area contributed by atoms with Gasteiger partial charge >= 0.3 is 6.09 Å². The lowest BCUT2D eigenvalue weighted by Gasteiger charge is -2.30. The van der Waals surface area contributed by atoms with Crippen molar-refractivity contribution >= 4 is 21.9 Å². The molecule has 0 radical (unpaired) electrons. The summed E-state index contributed by atoms with van der Waals surface area (Å²) in [5, 5.41) is 6.76. The molecule has 2 N–H and O–H groups in total. The summed E-state index contributed by atoms with van der Waals surface area (Å²) in [5.74, 6) is 0.237. The van der Waals surface area contributed by atoms with Crippen LogP contribution in [0.4, 0.5) is 10.6 Å². The molecule has 2 rings (SSSR count). The Morgan fingerprint density at radius 3 is 2.67 bits per heavy atom. The summed E-state index contributed by atoms with van der Waals surface area (Å²) in [5.41, 5.74) is 0.945. The van der Waals surface area contributed by atoms with Gasteiger partial charge in [0.15, 0.2) is 5.82 Å². The Labute approximate surface area is 123 Å². The van der Waals surface area contributed by atoms with E-state index in [2.05, 4.69) is 14.9 Å². The number of ether oxygens (including phenoxy) is 1. The number of anilines is 1. The number of nitrogens with one attached hydrogen (secondary N) is 2. The number of carbonyl (C=O) groups excluding carboxylic acids is 1. The fourth-order valence-corrected chi connectivity index (χ4v) is 2.56. The molecule has 1 aromatic rings. The molecule has 1 aliphatic rings. The van der Waals surface area contributed by atoms with E-state index in [-0.39, 0.29) is 12.4 Å². The predicted octanol–water partition coefficient (Wildman–Crippen LogP) is 1.07. The molecule has 0 spiro atoms. The van der Waals surface area contributed by atoms with Crippen molar-refractivity contribution in [3.05, 3.63) is 11.3 Å². The number of H-pyrrole nitrogens is 1. The molecule has 0 atom stereocenters. The summed E-state index contributed by atoms with van der Waals surface area (Å²) >= 11 is 0. The smallest absolute Gasteiger partial charge is 0.410 e. The molecule has 0 bridgehead atoms. The second-order valence-corrected chi connectivity index (χ2v) is 7.80. The number of sulfonamides is 1. The number of nitrogens with zero attached hydrogens (tertiary/aromatic N) is 2. The third kappa shape index (κ3) is 4.10. The normalized spacial score (nSPS) is 15.5. The van der Waals surface area contributed by atoms with Gasteiger partial charge in [0.25, 0.3) is 0 Å². The number of hydrogen-bond donors (Lipinski definition) is 2. The fourth-order valence-electron chi connectivity index (χ4n) is 2.04. The van der Waals surface area contributed by atoms with Gasteiger partial charge < -0.3 is 9.64 Å². The van der Waals surface area contributed by atoms with E-state index in [0.717, 1.165) is 11.9 Å². The average Bonchev–Trinajstić information content (AvgIpc) is 2.67. The molecule has 1 aliphatic heterocycles. The number of aromatic nitrogens is 2. The summed E-state index contributed by atoms with van der Waals surface area (Å²) in [4.78, 5) is 13.6. The topological polar surface area (TPSA) is 104 Å². The number of carbonyl (C=O) groups is 1. The van der Waals surface area contributed by atoms with E-state index >= 15 is 0 Å². The zero-order chi connectivity index (χ0) is 15.8. The lowest BCUT2D eigenvalue weighted by Crippen LogP contribution is -2.39.